The zero-order valence-electron chi connectivity index (χ0n) is 21.4. The minimum atomic E-state index is -0.541. The van der Waals surface area contributed by atoms with Crippen molar-refractivity contribution < 1.29 is 23.9 Å². The van der Waals surface area contributed by atoms with Gasteiger partial charge in [0.05, 0.1) is 7.11 Å². The van der Waals surface area contributed by atoms with Gasteiger partial charge in [-0.25, -0.2) is 0 Å². The van der Waals surface area contributed by atoms with Gasteiger partial charge in [-0.2, -0.15) is 0 Å². The Balaban J connectivity index is 1.50. The van der Waals surface area contributed by atoms with Crippen molar-refractivity contribution in [3.8, 4) is 0 Å². The molecule has 4 saturated carbocycles. The van der Waals surface area contributed by atoms with Crippen molar-refractivity contribution in [1.29, 1.82) is 0 Å². The molecule has 4 rings (SSSR count). The molecule has 33 heavy (non-hydrogen) atoms. The van der Waals surface area contributed by atoms with Crippen molar-refractivity contribution in [3.05, 3.63) is 0 Å². The molecule has 0 aromatic carbocycles. The number of ether oxygens (including phenoxy) is 2. The van der Waals surface area contributed by atoms with E-state index in [9.17, 15) is 14.4 Å². The average molecular weight is 461 g/mol. The molecule has 0 heterocycles. The van der Waals surface area contributed by atoms with Crippen LogP contribution in [0.1, 0.15) is 98.3 Å². The highest BCUT2D eigenvalue weighted by molar-refractivity contribution is 5.86. The molecular formula is C28H44O5. The fourth-order valence-electron chi connectivity index (χ4n) is 9.05. The number of esters is 2. The zero-order chi connectivity index (χ0) is 24.0. The number of fused-ring (bicyclic) bond motifs is 5. The van der Waals surface area contributed by atoms with E-state index >= 15 is 0 Å². The lowest BCUT2D eigenvalue weighted by atomic mass is 9.44. The van der Waals surface area contributed by atoms with E-state index in [0.717, 1.165) is 18.8 Å². The summed E-state index contributed by atoms with van der Waals surface area (Å²) in [6, 6.07) is 0. The molecule has 0 aromatic rings. The third kappa shape index (κ3) is 4.27. The summed E-state index contributed by atoms with van der Waals surface area (Å²) >= 11 is 0. The summed E-state index contributed by atoms with van der Waals surface area (Å²) in [5, 5.41) is 0. The molecule has 0 aliphatic heterocycles. The van der Waals surface area contributed by atoms with E-state index in [1.807, 2.05) is 0 Å². The Morgan fingerprint density at radius 2 is 1.76 bits per heavy atom. The van der Waals surface area contributed by atoms with E-state index in [-0.39, 0.29) is 23.1 Å². The van der Waals surface area contributed by atoms with Gasteiger partial charge in [-0.3, -0.25) is 14.4 Å². The van der Waals surface area contributed by atoms with Crippen molar-refractivity contribution in [2.45, 2.75) is 104 Å². The lowest BCUT2D eigenvalue weighted by Crippen LogP contribution is -2.56. The second kappa shape index (κ2) is 9.34. The van der Waals surface area contributed by atoms with Crippen molar-refractivity contribution in [2.24, 2.45) is 46.3 Å². The Morgan fingerprint density at radius 1 is 1.03 bits per heavy atom. The molecule has 9 atom stereocenters. The maximum atomic E-state index is 12.8. The van der Waals surface area contributed by atoms with Crippen LogP contribution in [-0.2, 0) is 23.9 Å². The average Bonchev–Trinajstić information content (AvgIpc) is 3.15. The van der Waals surface area contributed by atoms with Crippen LogP contribution in [-0.4, -0.2) is 30.9 Å². The van der Waals surface area contributed by atoms with Crippen LogP contribution in [0.25, 0.3) is 0 Å². The molecule has 0 N–H and O–H groups in total. The molecule has 186 valence electrons. The van der Waals surface area contributed by atoms with E-state index in [4.69, 9.17) is 9.47 Å². The molecule has 4 aliphatic rings. The highest BCUT2D eigenvalue weighted by Gasteiger charge is 2.61. The fraction of sp³-hybridized carbons (Fsp3) is 0.893. The second-order valence-corrected chi connectivity index (χ2v) is 12.2. The summed E-state index contributed by atoms with van der Waals surface area (Å²) in [6.07, 6.45) is 9.89. The van der Waals surface area contributed by atoms with Crippen LogP contribution < -0.4 is 0 Å². The Kier molecular flexibility index (Phi) is 7.00. The topological polar surface area (TPSA) is 69.7 Å². The quantitative estimate of drug-likeness (QED) is 0.473. The summed E-state index contributed by atoms with van der Waals surface area (Å²) < 4.78 is 10.5. The molecule has 5 nitrogen and oxygen atoms in total. The van der Waals surface area contributed by atoms with Gasteiger partial charge in [-0.15, -0.1) is 0 Å². The van der Waals surface area contributed by atoms with Gasteiger partial charge in [0, 0.05) is 19.3 Å². The molecule has 0 amide bonds. The maximum absolute atomic E-state index is 12.8. The van der Waals surface area contributed by atoms with Crippen LogP contribution >= 0.6 is 0 Å². The van der Waals surface area contributed by atoms with Gasteiger partial charge in [-0.1, -0.05) is 27.7 Å². The monoisotopic (exact) mass is 460 g/mol. The van der Waals surface area contributed by atoms with Gasteiger partial charge >= 0.3 is 11.9 Å². The smallest absolute Gasteiger partial charge is 0.306 e. The Morgan fingerprint density at radius 3 is 2.45 bits per heavy atom. The first kappa shape index (κ1) is 24.7. The first-order chi connectivity index (χ1) is 15.6. The van der Waals surface area contributed by atoms with Crippen LogP contribution in [0.5, 0.6) is 0 Å². The number of ketones is 1. The van der Waals surface area contributed by atoms with E-state index in [0.29, 0.717) is 60.7 Å². The predicted molar refractivity (Wildman–Crippen MR) is 126 cm³/mol. The van der Waals surface area contributed by atoms with E-state index in [1.54, 1.807) is 6.92 Å². The van der Waals surface area contributed by atoms with Gasteiger partial charge in [0.25, 0.3) is 0 Å². The van der Waals surface area contributed by atoms with Crippen LogP contribution in [0.4, 0.5) is 0 Å². The van der Waals surface area contributed by atoms with Crippen molar-refractivity contribution in [3.63, 3.8) is 0 Å². The SMILES string of the molecule is CCC(=O)O[C@H]1C[C@@]2(C)[C@H](CC[C@@H]3[C@@H]2CC[C@]2(C)[C@@H]([C@H](C)CCC(=O)OC)CC[C@@H]32)CC1=O. The third-order valence-corrected chi connectivity index (χ3v) is 10.9. The molecule has 0 bridgehead atoms. The van der Waals surface area contributed by atoms with Crippen molar-refractivity contribution in [1.82, 2.24) is 0 Å². The minimum absolute atomic E-state index is 0.0887. The molecule has 0 radical (unpaired) electrons. The van der Waals surface area contributed by atoms with E-state index in [2.05, 4.69) is 20.8 Å². The zero-order valence-corrected chi connectivity index (χ0v) is 21.4. The number of methoxy groups -OCH3 is 1. The first-order valence-corrected chi connectivity index (χ1v) is 13.4. The normalized spacial score (nSPS) is 43.1. The number of rotatable bonds is 6. The van der Waals surface area contributed by atoms with Crippen LogP contribution in [0, 0.1) is 46.3 Å². The summed E-state index contributed by atoms with van der Waals surface area (Å²) in [6.45, 7) is 9.07. The Bertz CT molecular complexity index is 776. The Labute approximate surface area is 199 Å². The summed E-state index contributed by atoms with van der Waals surface area (Å²) in [5.74, 6) is 3.49. The molecule has 5 heteroatoms. The molecule has 4 fully saturated rings. The second-order valence-electron chi connectivity index (χ2n) is 12.2. The van der Waals surface area contributed by atoms with Crippen LogP contribution in [0.3, 0.4) is 0 Å². The summed E-state index contributed by atoms with van der Waals surface area (Å²) in [7, 11) is 1.48. The van der Waals surface area contributed by atoms with Gasteiger partial charge in [0.2, 0.25) is 0 Å². The number of Topliss-reactive ketones (excluding diaryl/α,β-unsaturated/α-hetero) is 1. The Hall–Kier alpha value is -1.39. The largest absolute Gasteiger partial charge is 0.469 e. The lowest BCUT2D eigenvalue weighted by Gasteiger charge is -2.61. The summed E-state index contributed by atoms with van der Waals surface area (Å²) in [5.41, 5.74) is 0.434. The molecule has 0 aromatic heterocycles. The summed E-state index contributed by atoms with van der Waals surface area (Å²) in [4.78, 5) is 36.5. The molecule has 0 spiro atoms. The van der Waals surface area contributed by atoms with Gasteiger partial charge < -0.3 is 9.47 Å². The number of hydrogen-bond donors (Lipinski definition) is 0. The van der Waals surface area contributed by atoms with Gasteiger partial charge in [0.15, 0.2) is 11.9 Å². The standard InChI is InChI=1S/C28H44O5/c1-6-25(30)33-24-16-28(4)18(15-23(24)29)8-9-19-21-11-10-20(17(2)7-12-26(31)32-5)27(21,3)14-13-22(19)28/h17-22,24H,6-16H2,1-5H3/t17-,18-,19+,20-,21+,22+,24+,27-,28+/m1/s1. The van der Waals surface area contributed by atoms with Crippen molar-refractivity contribution >= 4 is 17.7 Å². The fourth-order valence-corrected chi connectivity index (χ4v) is 9.05. The highest BCUT2D eigenvalue weighted by Crippen LogP contribution is 2.68. The number of hydrogen-bond acceptors (Lipinski definition) is 5. The number of carbonyl (C=O) groups excluding carboxylic acids is 3. The highest BCUT2D eigenvalue weighted by atomic mass is 16.5. The van der Waals surface area contributed by atoms with E-state index in [1.165, 1.54) is 39.2 Å². The molecule has 0 saturated heterocycles. The first-order valence-electron chi connectivity index (χ1n) is 13.4. The van der Waals surface area contributed by atoms with Gasteiger partial charge in [0.1, 0.15) is 0 Å². The lowest BCUT2D eigenvalue weighted by molar-refractivity contribution is -0.173. The maximum Gasteiger partial charge on any atom is 0.306 e. The minimum Gasteiger partial charge on any atom is -0.469 e. The third-order valence-electron chi connectivity index (χ3n) is 10.9. The van der Waals surface area contributed by atoms with Gasteiger partial charge in [-0.05, 0) is 97.7 Å². The molecule has 4 aliphatic carbocycles. The molecule has 0 unspecified atom stereocenters. The van der Waals surface area contributed by atoms with Crippen LogP contribution in [0.2, 0.25) is 0 Å². The van der Waals surface area contributed by atoms with E-state index < -0.39 is 6.10 Å². The number of carbonyl (C=O) groups is 3. The molecular weight excluding hydrogens is 416 g/mol. The van der Waals surface area contributed by atoms with Crippen LogP contribution in [0.15, 0.2) is 0 Å². The van der Waals surface area contributed by atoms with Crippen molar-refractivity contribution in [2.75, 3.05) is 7.11 Å². The predicted octanol–water partition coefficient (Wildman–Crippen LogP) is 5.74.